The largest absolute Gasteiger partial charge is 0.384 e. The number of rotatable bonds is 4. The van der Waals surface area contributed by atoms with Crippen molar-refractivity contribution >= 4 is 11.8 Å². The van der Waals surface area contributed by atoms with Crippen molar-refractivity contribution in [1.29, 1.82) is 0 Å². The first-order chi connectivity index (χ1) is 11.1. The number of urea groups is 1. The fourth-order valence-corrected chi connectivity index (χ4v) is 4.16. The molecule has 2 aliphatic rings. The number of nitrogens with one attached hydrogen (secondary N) is 1. The van der Waals surface area contributed by atoms with Crippen LogP contribution in [0.1, 0.15) is 38.3 Å². The van der Waals surface area contributed by atoms with Gasteiger partial charge in [-0.05, 0) is 24.7 Å². The number of aromatic nitrogens is 2. The van der Waals surface area contributed by atoms with Gasteiger partial charge in [0.2, 0.25) is 0 Å². The average Bonchev–Trinajstić information content (AvgIpc) is 3.06. The van der Waals surface area contributed by atoms with Gasteiger partial charge >= 0.3 is 6.03 Å². The van der Waals surface area contributed by atoms with Crippen LogP contribution in [0.25, 0.3) is 0 Å². The standard InChI is InChI=1S/C17H28N4O2/c1-12-11-21(15-7-5-4-6-14(12)15)17(22)18-16-10-13(8-9-23-3)19-20(16)2/h10,12,14-15H,4-9,11H2,1-3H3,(H,18,22)/t12-,14+,15-/m0/s1. The minimum absolute atomic E-state index is 0.0209. The van der Waals surface area contributed by atoms with Gasteiger partial charge in [-0.25, -0.2) is 4.79 Å². The number of fused-ring (bicyclic) bond motifs is 1. The van der Waals surface area contributed by atoms with E-state index >= 15 is 0 Å². The first-order valence-electron chi connectivity index (χ1n) is 8.69. The second-order valence-electron chi connectivity index (χ2n) is 6.96. The summed E-state index contributed by atoms with van der Waals surface area (Å²) in [7, 11) is 3.54. The van der Waals surface area contributed by atoms with Crippen LogP contribution in [-0.4, -0.2) is 47.0 Å². The molecule has 1 aliphatic carbocycles. The molecule has 1 aliphatic heterocycles. The van der Waals surface area contributed by atoms with Crippen LogP contribution in [0.5, 0.6) is 0 Å². The lowest BCUT2D eigenvalue weighted by Crippen LogP contribution is -2.41. The number of hydrogen-bond acceptors (Lipinski definition) is 3. The summed E-state index contributed by atoms with van der Waals surface area (Å²) in [4.78, 5) is 14.8. The molecule has 3 rings (SSSR count). The Morgan fingerprint density at radius 1 is 1.43 bits per heavy atom. The van der Waals surface area contributed by atoms with E-state index in [1.807, 2.05) is 13.1 Å². The van der Waals surface area contributed by atoms with Crippen LogP contribution in [0.15, 0.2) is 6.07 Å². The molecule has 2 heterocycles. The minimum Gasteiger partial charge on any atom is -0.384 e. The molecule has 1 N–H and O–H groups in total. The molecule has 6 heteroatoms. The lowest BCUT2D eigenvalue weighted by molar-refractivity contribution is 0.180. The van der Waals surface area contributed by atoms with E-state index in [2.05, 4.69) is 22.2 Å². The first kappa shape index (κ1) is 16.3. The number of carbonyl (C=O) groups is 1. The van der Waals surface area contributed by atoms with Crippen molar-refractivity contribution in [2.45, 2.75) is 45.1 Å². The van der Waals surface area contributed by atoms with E-state index in [1.54, 1.807) is 11.8 Å². The molecule has 0 radical (unpaired) electrons. The zero-order valence-corrected chi connectivity index (χ0v) is 14.4. The van der Waals surface area contributed by atoms with Gasteiger partial charge < -0.3 is 9.64 Å². The third kappa shape index (κ3) is 3.37. The van der Waals surface area contributed by atoms with Crippen LogP contribution in [0.2, 0.25) is 0 Å². The second kappa shape index (κ2) is 6.91. The highest BCUT2D eigenvalue weighted by Crippen LogP contribution is 2.39. The van der Waals surface area contributed by atoms with Gasteiger partial charge in [0.1, 0.15) is 5.82 Å². The van der Waals surface area contributed by atoms with E-state index in [4.69, 9.17) is 4.74 Å². The Morgan fingerprint density at radius 3 is 3.00 bits per heavy atom. The summed E-state index contributed by atoms with van der Waals surface area (Å²) in [5.41, 5.74) is 0.940. The van der Waals surface area contributed by atoms with Crippen molar-refractivity contribution in [3.63, 3.8) is 0 Å². The molecular weight excluding hydrogens is 292 g/mol. The molecule has 2 amide bonds. The Hall–Kier alpha value is -1.56. The number of anilines is 1. The van der Waals surface area contributed by atoms with Gasteiger partial charge in [-0.1, -0.05) is 19.8 Å². The highest BCUT2D eigenvalue weighted by Gasteiger charge is 2.42. The molecule has 1 aromatic rings. The normalized spacial score (nSPS) is 27.1. The van der Waals surface area contributed by atoms with E-state index in [-0.39, 0.29) is 6.03 Å². The molecular formula is C17H28N4O2. The van der Waals surface area contributed by atoms with E-state index in [1.165, 1.54) is 19.3 Å². The molecule has 6 nitrogen and oxygen atoms in total. The summed E-state index contributed by atoms with van der Waals surface area (Å²) in [5, 5.41) is 7.48. The molecule has 1 aromatic heterocycles. The number of aryl methyl sites for hydroxylation is 1. The van der Waals surface area contributed by atoms with Crippen LogP contribution >= 0.6 is 0 Å². The fourth-order valence-electron chi connectivity index (χ4n) is 4.16. The van der Waals surface area contributed by atoms with E-state index in [0.717, 1.165) is 30.9 Å². The van der Waals surface area contributed by atoms with Crippen LogP contribution in [0, 0.1) is 11.8 Å². The predicted octanol–water partition coefficient (Wildman–Crippen LogP) is 2.65. The number of likely N-dealkylation sites (tertiary alicyclic amines) is 1. The molecule has 0 aromatic carbocycles. The van der Waals surface area contributed by atoms with Crippen molar-refractivity contribution in [3.8, 4) is 0 Å². The smallest absolute Gasteiger partial charge is 0.323 e. The summed E-state index contributed by atoms with van der Waals surface area (Å²) in [6, 6.07) is 2.38. The number of methoxy groups -OCH3 is 1. The molecule has 2 fully saturated rings. The number of nitrogens with zero attached hydrogens (tertiary/aromatic N) is 3. The molecule has 0 unspecified atom stereocenters. The van der Waals surface area contributed by atoms with Crippen molar-refractivity contribution in [3.05, 3.63) is 11.8 Å². The molecule has 23 heavy (non-hydrogen) atoms. The first-order valence-corrected chi connectivity index (χ1v) is 8.69. The topological polar surface area (TPSA) is 59.4 Å². The Labute approximate surface area is 138 Å². The second-order valence-corrected chi connectivity index (χ2v) is 6.96. The third-order valence-corrected chi connectivity index (χ3v) is 5.39. The lowest BCUT2D eigenvalue weighted by Gasteiger charge is -2.32. The Kier molecular flexibility index (Phi) is 4.90. The minimum atomic E-state index is 0.0209. The highest BCUT2D eigenvalue weighted by atomic mass is 16.5. The monoisotopic (exact) mass is 320 g/mol. The van der Waals surface area contributed by atoms with Crippen LogP contribution < -0.4 is 5.32 Å². The van der Waals surface area contributed by atoms with Gasteiger partial charge in [0.05, 0.1) is 12.3 Å². The lowest BCUT2D eigenvalue weighted by atomic mass is 9.80. The third-order valence-electron chi connectivity index (χ3n) is 5.39. The Balaban J connectivity index is 1.66. The zero-order chi connectivity index (χ0) is 16.4. The number of hydrogen-bond donors (Lipinski definition) is 1. The summed E-state index contributed by atoms with van der Waals surface area (Å²) in [5.74, 6) is 2.04. The quantitative estimate of drug-likeness (QED) is 0.928. The zero-order valence-electron chi connectivity index (χ0n) is 14.4. The molecule has 3 atom stereocenters. The maximum Gasteiger partial charge on any atom is 0.323 e. The van der Waals surface area contributed by atoms with Crippen LogP contribution in [0.3, 0.4) is 0 Å². The van der Waals surface area contributed by atoms with Gasteiger partial charge in [0.25, 0.3) is 0 Å². The van der Waals surface area contributed by atoms with Gasteiger partial charge in [0, 0.05) is 39.2 Å². The van der Waals surface area contributed by atoms with E-state index < -0.39 is 0 Å². The fraction of sp³-hybridized carbons (Fsp3) is 0.765. The predicted molar refractivity (Wildman–Crippen MR) is 89.4 cm³/mol. The van der Waals surface area contributed by atoms with Crippen LogP contribution in [0.4, 0.5) is 10.6 Å². The Morgan fingerprint density at radius 2 is 2.22 bits per heavy atom. The van der Waals surface area contributed by atoms with Crippen molar-refractivity contribution in [2.24, 2.45) is 18.9 Å². The van der Waals surface area contributed by atoms with Gasteiger partial charge in [-0.3, -0.25) is 10.00 Å². The average molecular weight is 320 g/mol. The molecule has 1 saturated carbocycles. The highest BCUT2D eigenvalue weighted by molar-refractivity contribution is 5.89. The van der Waals surface area contributed by atoms with Gasteiger partial charge in [-0.2, -0.15) is 5.10 Å². The molecule has 1 saturated heterocycles. The van der Waals surface area contributed by atoms with Crippen LogP contribution in [-0.2, 0) is 18.2 Å². The summed E-state index contributed by atoms with van der Waals surface area (Å²) in [6.45, 7) is 3.79. The molecule has 0 spiro atoms. The summed E-state index contributed by atoms with van der Waals surface area (Å²) in [6.07, 6.45) is 5.72. The van der Waals surface area contributed by atoms with Crippen molar-refractivity contribution in [1.82, 2.24) is 14.7 Å². The maximum absolute atomic E-state index is 12.7. The van der Waals surface area contributed by atoms with Crippen molar-refractivity contribution in [2.75, 3.05) is 25.6 Å². The van der Waals surface area contributed by atoms with Crippen molar-refractivity contribution < 1.29 is 9.53 Å². The van der Waals surface area contributed by atoms with E-state index in [0.29, 0.717) is 24.5 Å². The van der Waals surface area contributed by atoms with Gasteiger partial charge in [0.15, 0.2) is 0 Å². The maximum atomic E-state index is 12.7. The number of carbonyl (C=O) groups excluding carboxylic acids is 1. The summed E-state index contributed by atoms with van der Waals surface area (Å²) >= 11 is 0. The molecule has 128 valence electrons. The Bertz CT molecular complexity index is 557. The van der Waals surface area contributed by atoms with Gasteiger partial charge in [-0.15, -0.1) is 0 Å². The number of amides is 2. The number of ether oxygens (including phenoxy) is 1. The molecule has 0 bridgehead atoms. The van der Waals surface area contributed by atoms with E-state index in [9.17, 15) is 4.79 Å². The SMILES string of the molecule is COCCc1cc(NC(=O)N2C[C@H](C)[C@H]3CCCC[C@@H]32)n(C)n1. The summed E-state index contributed by atoms with van der Waals surface area (Å²) < 4.78 is 6.82.